The van der Waals surface area contributed by atoms with Crippen molar-refractivity contribution in [2.24, 2.45) is 0 Å². The molecule has 0 aliphatic carbocycles. The normalized spacial score (nSPS) is 14.9. The van der Waals surface area contributed by atoms with Crippen molar-refractivity contribution in [3.63, 3.8) is 0 Å². The van der Waals surface area contributed by atoms with Gasteiger partial charge in [0.2, 0.25) is 0 Å². The van der Waals surface area contributed by atoms with Gasteiger partial charge in [-0.3, -0.25) is 0 Å². The van der Waals surface area contributed by atoms with E-state index in [0.29, 0.717) is 0 Å². The Hall–Kier alpha value is 0.951. The molecule has 4 nitrogen and oxygen atoms in total. The van der Waals surface area contributed by atoms with Gasteiger partial charge in [-0.15, -0.1) is 23.5 Å². The van der Waals surface area contributed by atoms with Gasteiger partial charge in [0.15, 0.2) is 0 Å². The van der Waals surface area contributed by atoms with Gasteiger partial charge < -0.3 is 19.8 Å². The molecule has 0 bridgehead atoms. The second-order valence-electron chi connectivity index (χ2n) is 1.93. The Bertz CT molecular complexity index is 239. The molecule has 0 spiro atoms. The zero-order valence-corrected chi connectivity index (χ0v) is 12.6. The van der Waals surface area contributed by atoms with E-state index < -0.39 is 17.5 Å². The van der Waals surface area contributed by atoms with E-state index >= 15 is 0 Å². The third-order valence-corrected chi connectivity index (χ3v) is 3.88. The molecule has 66 valence electrons. The van der Waals surface area contributed by atoms with Crippen LogP contribution in [0.25, 0.3) is 0 Å². The van der Waals surface area contributed by atoms with Crippen molar-refractivity contribution < 1.29 is 19.8 Å². The fourth-order valence-corrected chi connectivity index (χ4v) is 3.20. The summed E-state index contributed by atoms with van der Waals surface area (Å²) in [7, 11) is 0. The molecular weight excluding hydrogens is 338 g/mol. The van der Waals surface area contributed by atoms with E-state index in [2.05, 4.69) is 0 Å². The van der Waals surface area contributed by atoms with E-state index in [1.807, 2.05) is 0 Å². The van der Waals surface area contributed by atoms with Gasteiger partial charge in [0, 0.05) is 17.1 Å². The number of carboxylic acids is 2. The molecule has 1 aliphatic rings. The zero-order chi connectivity index (χ0) is 9.14. The van der Waals surface area contributed by atoms with Crippen LogP contribution >= 0.6 is 23.5 Å². The summed E-state index contributed by atoms with van der Waals surface area (Å²) in [6.07, 6.45) is 0. The number of hydrogen-bond acceptors (Lipinski definition) is 6. The average molecular weight is 342 g/mol. The summed E-state index contributed by atoms with van der Waals surface area (Å²) in [5.74, 6) is -1.90. The van der Waals surface area contributed by atoms with E-state index in [9.17, 15) is 19.8 Å². The summed E-state index contributed by atoms with van der Waals surface area (Å²) < 4.78 is 0.287. The van der Waals surface area contributed by atoms with Crippen LogP contribution in [0.5, 0.6) is 0 Å². The molecule has 1 fully saturated rings. The summed E-state index contributed by atoms with van der Waals surface area (Å²) >= 11 is 2.42. The smallest absolute Gasteiger partial charge is 0.545 e. The monoisotopic (exact) mass is 342 g/mol. The molecule has 0 aromatic carbocycles. The van der Waals surface area contributed by atoms with Gasteiger partial charge in [-0.25, -0.2) is 0 Å². The molecule has 1 rings (SSSR count). The van der Waals surface area contributed by atoms with Crippen LogP contribution in [-0.2, 0) is 9.59 Å². The van der Waals surface area contributed by atoms with Crippen LogP contribution in [0.15, 0.2) is 9.81 Å². The predicted octanol–water partition coefficient (Wildman–Crippen LogP) is -2.20. The Morgan fingerprint density at radius 3 is 1.77 bits per heavy atom. The molecular formula is C6H4BaO4S2. The first-order chi connectivity index (χ1) is 5.63. The van der Waals surface area contributed by atoms with E-state index in [-0.39, 0.29) is 53.1 Å². The largest absolute Gasteiger partial charge is 2.00 e. The van der Waals surface area contributed by atoms with Crippen molar-refractivity contribution in [3.05, 3.63) is 9.81 Å². The predicted molar refractivity (Wildman–Crippen MR) is 47.7 cm³/mol. The van der Waals surface area contributed by atoms with E-state index in [1.165, 1.54) is 23.5 Å². The Labute approximate surface area is 124 Å². The molecule has 0 atom stereocenters. The number of hydrogen-bond donors (Lipinski definition) is 0. The van der Waals surface area contributed by atoms with Gasteiger partial charge in [-0.2, -0.15) is 0 Å². The standard InChI is InChI=1S/C6H6O4S2.Ba/c7-4(8)3(5(9)10)6-11-1-2-12-6;/h1-2H2,(H,7,8)(H,9,10);/q;+2/p-2. The van der Waals surface area contributed by atoms with Gasteiger partial charge in [0.1, 0.15) is 0 Å². The topological polar surface area (TPSA) is 80.3 Å². The maximum absolute atomic E-state index is 10.3. The molecule has 0 aromatic heterocycles. The summed E-state index contributed by atoms with van der Waals surface area (Å²) in [6.45, 7) is 0. The van der Waals surface area contributed by atoms with Crippen LogP contribution in [0.3, 0.4) is 0 Å². The Morgan fingerprint density at radius 1 is 1.08 bits per heavy atom. The first kappa shape index (κ1) is 14.0. The Kier molecular flexibility index (Phi) is 6.91. The van der Waals surface area contributed by atoms with Crippen molar-refractivity contribution >= 4 is 84.3 Å². The van der Waals surface area contributed by atoms with Crippen LogP contribution in [0, 0.1) is 0 Å². The van der Waals surface area contributed by atoms with Gasteiger partial charge in [-0.05, 0) is 0 Å². The Morgan fingerprint density at radius 2 is 1.46 bits per heavy atom. The fraction of sp³-hybridized carbons (Fsp3) is 0.333. The summed E-state index contributed by atoms with van der Waals surface area (Å²) in [5, 5.41) is 20.6. The minimum Gasteiger partial charge on any atom is -0.545 e. The maximum atomic E-state index is 10.3. The molecule has 7 heteroatoms. The molecule has 0 saturated carbocycles. The van der Waals surface area contributed by atoms with Gasteiger partial charge in [0.25, 0.3) is 0 Å². The molecule has 0 radical (unpaired) electrons. The van der Waals surface area contributed by atoms with Gasteiger partial charge >= 0.3 is 48.9 Å². The van der Waals surface area contributed by atoms with E-state index in [1.54, 1.807) is 0 Å². The average Bonchev–Trinajstić information content (AvgIpc) is 2.37. The van der Waals surface area contributed by atoms with Crippen molar-refractivity contribution in [2.45, 2.75) is 0 Å². The third kappa shape index (κ3) is 3.90. The molecule has 0 amide bonds. The molecule has 1 aliphatic heterocycles. The number of carboxylic acid groups (broad SMARTS) is 2. The number of thioether (sulfide) groups is 2. The minimum absolute atomic E-state index is 0. The van der Waals surface area contributed by atoms with Crippen LogP contribution in [0.1, 0.15) is 0 Å². The summed E-state index contributed by atoms with van der Waals surface area (Å²) in [4.78, 5) is 20.6. The minimum atomic E-state index is -1.67. The molecule has 13 heavy (non-hydrogen) atoms. The maximum Gasteiger partial charge on any atom is 2.00 e. The fourth-order valence-electron chi connectivity index (χ4n) is 0.705. The second-order valence-corrected chi connectivity index (χ2v) is 4.40. The van der Waals surface area contributed by atoms with Crippen molar-refractivity contribution in [1.82, 2.24) is 0 Å². The number of rotatable bonds is 2. The zero-order valence-electron chi connectivity index (χ0n) is 6.57. The van der Waals surface area contributed by atoms with Crippen molar-refractivity contribution in [1.29, 1.82) is 0 Å². The molecule has 1 saturated heterocycles. The summed E-state index contributed by atoms with van der Waals surface area (Å²) in [5.41, 5.74) is -0.720. The van der Waals surface area contributed by atoms with Crippen LogP contribution < -0.4 is 10.2 Å². The van der Waals surface area contributed by atoms with Crippen LogP contribution in [0.2, 0.25) is 0 Å². The summed E-state index contributed by atoms with van der Waals surface area (Å²) in [6, 6.07) is 0. The van der Waals surface area contributed by atoms with Gasteiger partial charge in [0.05, 0.1) is 16.2 Å². The quantitative estimate of drug-likeness (QED) is 0.245. The van der Waals surface area contributed by atoms with Gasteiger partial charge in [-0.1, -0.05) is 0 Å². The molecule has 0 N–H and O–H groups in total. The first-order valence-corrected chi connectivity index (χ1v) is 5.02. The first-order valence-electron chi connectivity index (χ1n) is 3.05. The third-order valence-electron chi connectivity index (χ3n) is 1.16. The molecule has 0 unspecified atom stereocenters. The van der Waals surface area contributed by atoms with E-state index in [4.69, 9.17) is 0 Å². The molecule has 1 heterocycles. The van der Waals surface area contributed by atoms with Crippen molar-refractivity contribution in [3.8, 4) is 0 Å². The number of aliphatic carboxylic acids is 2. The molecule has 0 aromatic rings. The number of carbonyl (C=O) groups is 2. The number of carbonyl (C=O) groups excluding carboxylic acids is 2. The van der Waals surface area contributed by atoms with Crippen LogP contribution in [0.4, 0.5) is 0 Å². The van der Waals surface area contributed by atoms with Crippen molar-refractivity contribution in [2.75, 3.05) is 11.5 Å². The second kappa shape index (κ2) is 6.44. The van der Waals surface area contributed by atoms with E-state index in [0.717, 1.165) is 11.5 Å². The van der Waals surface area contributed by atoms with Crippen LogP contribution in [-0.4, -0.2) is 72.3 Å². The Balaban J connectivity index is 0.00000144. The SMILES string of the molecule is O=C([O-])C(C(=O)[O-])=C1SCCS1.[Ba+2].